The zero-order valence-corrected chi connectivity index (χ0v) is 7.27. The molecular formula is C10H7NO3. The molecule has 0 saturated carbocycles. The van der Waals surface area contributed by atoms with E-state index in [4.69, 9.17) is 0 Å². The van der Waals surface area contributed by atoms with Crippen molar-refractivity contribution in [2.24, 2.45) is 0 Å². The summed E-state index contributed by atoms with van der Waals surface area (Å²) < 4.78 is 0. The van der Waals surface area contributed by atoms with E-state index in [1.54, 1.807) is 12.1 Å². The lowest BCUT2D eigenvalue weighted by Gasteiger charge is -1.96. The maximum absolute atomic E-state index is 10.5. The van der Waals surface area contributed by atoms with Crippen LogP contribution in [0.5, 0.6) is 0 Å². The number of rotatable bonds is 2. The number of benzene rings is 1. The van der Waals surface area contributed by atoms with Crippen molar-refractivity contribution < 1.29 is 9.72 Å². The first-order valence-electron chi connectivity index (χ1n) is 4.14. The van der Waals surface area contributed by atoms with Crippen molar-refractivity contribution in [3.05, 3.63) is 45.0 Å². The second-order valence-electron chi connectivity index (χ2n) is 3.15. The van der Waals surface area contributed by atoms with E-state index in [2.05, 4.69) is 0 Å². The Morgan fingerprint density at radius 3 is 2.86 bits per heavy atom. The third-order valence-electron chi connectivity index (χ3n) is 2.23. The molecule has 0 radical (unpaired) electrons. The normalized spacial score (nSPS) is 13.3. The fourth-order valence-corrected chi connectivity index (χ4v) is 1.54. The molecule has 0 aliphatic heterocycles. The van der Waals surface area contributed by atoms with E-state index in [1.165, 1.54) is 12.1 Å². The number of aldehydes is 1. The average molecular weight is 189 g/mol. The molecular weight excluding hydrogens is 182 g/mol. The van der Waals surface area contributed by atoms with Crippen molar-refractivity contribution in [1.82, 2.24) is 0 Å². The van der Waals surface area contributed by atoms with Crippen LogP contribution in [0.4, 0.5) is 5.69 Å². The molecule has 0 aromatic heterocycles. The minimum Gasteiger partial charge on any atom is -0.298 e. The van der Waals surface area contributed by atoms with Gasteiger partial charge in [-0.3, -0.25) is 14.9 Å². The van der Waals surface area contributed by atoms with E-state index < -0.39 is 4.92 Å². The second kappa shape index (κ2) is 3.06. The van der Waals surface area contributed by atoms with Crippen LogP contribution in [-0.4, -0.2) is 11.2 Å². The average Bonchev–Trinajstić information content (AvgIpc) is 2.58. The minimum absolute atomic E-state index is 0.0622. The Kier molecular flexibility index (Phi) is 1.89. The van der Waals surface area contributed by atoms with Crippen LogP contribution >= 0.6 is 0 Å². The molecule has 14 heavy (non-hydrogen) atoms. The highest BCUT2D eigenvalue weighted by Gasteiger charge is 2.15. The minimum atomic E-state index is -0.437. The number of hydrogen-bond acceptors (Lipinski definition) is 3. The molecule has 0 saturated heterocycles. The van der Waals surface area contributed by atoms with Crippen molar-refractivity contribution in [2.75, 3.05) is 0 Å². The van der Waals surface area contributed by atoms with Crippen molar-refractivity contribution in [2.45, 2.75) is 6.42 Å². The molecule has 0 bridgehead atoms. The maximum atomic E-state index is 10.5. The van der Waals surface area contributed by atoms with E-state index >= 15 is 0 Å². The van der Waals surface area contributed by atoms with Crippen LogP contribution in [0.15, 0.2) is 23.8 Å². The first-order chi connectivity index (χ1) is 6.70. The standard InChI is InChI=1S/C10H7NO3/c12-6-7-3-8-1-2-10(11(13)14)5-9(8)4-7/h1-2,4-6H,3H2. The van der Waals surface area contributed by atoms with Crippen LogP contribution in [0.3, 0.4) is 0 Å². The Labute approximate surface area is 80.0 Å². The van der Waals surface area contributed by atoms with Gasteiger partial charge in [0.25, 0.3) is 5.69 Å². The predicted molar refractivity (Wildman–Crippen MR) is 50.8 cm³/mol. The lowest BCUT2D eigenvalue weighted by atomic mass is 10.1. The van der Waals surface area contributed by atoms with E-state index in [9.17, 15) is 14.9 Å². The molecule has 0 fully saturated rings. The molecule has 2 rings (SSSR count). The number of nitro benzene ring substituents is 1. The van der Waals surface area contributed by atoms with E-state index in [-0.39, 0.29) is 5.69 Å². The zero-order valence-electron chi connectivity index (χ0n) is 7.27. The highest BCUT2D eigenvalue weighted by Crippen LogP contribution is 2.27. The molecule has 0 amide bonds. The van der Waals surface area contributed by atoms with Gasteiger partial charge in [-0.1, -0.05) is 6.07 Å². The number of fused-ring (bicyclic) bond motifs is 1. The Bertz CT molecular complexity index is 449. The summed E-state index contributed by atoms with van der Waals surface area (Å²) in [7, 11) is 0. The third-order valence-corrected chi connectivity index (χ3v) is 2.23. The van der Waals surface area contributed by atoms with Crippen LogP contribution in [0.2, 0.25) is 0 Å². The predicted octanol–water partition coefficient (Wildman–Crippen LogP) is 1.73. The molecule has 1 aromatic carbocycles. The summed E-state index contributed by atoms with van der Waals surface area (Å²) in [5.41, 5.74) is 2.48. The summed E-state index contributed by atoms with van der Waals surface area (Å²) in [6, 6.07) is 4.65. The Hall–Kier alpha value is -1.97. The molecule has 4 nitrogen and oxygen atoms in total. The van der Waals surface area contributed by atoms with E-state index in [0.717, 1.165) is 17.4 Å². The van der Waals surface area contributed by atoms with Crippen molar-refractivity contribution in [3.8, 4) is 0 Å². The third kappa shape index (κ3) is 1.31. The lowest BCUT2D eigenvalue weighted by molar-refractivity contribution is -0.384. The first kappa shape index (κ1) is 8.62. The van der Waals surface area contributed by atoms with Crippen LogP contribution in [-0.2, 0) is 11.2 Å². The van der Waals surface area contributed by atoms with Crippen LogP contribution in [0.25, 0.3) is 6.08 Å². The van der Waals surface area contributed by atoms with E-state index in [1.807, 2.05) is 0 Å². The summed E-state index contributed by atoms with van der Waals surface area (Å²) in [6.07, 6.45) is 3.05. The van der Waals surface area contributed by atoms with Gasteiger partial charge in [0.05, 0.1) is 4.92 Å². The summed E-state index contributed by atoms with van der Waals surface area (Å²) in [5.74, 6) is 0. The number of carbonyl (C=O) groups is 1. The Morgan fingerprint density at radius 2 is 2.21 bits per heavy atom. The van der Waals surface area contributed by atoms with Crippen molar-refractivity contribution in [3.63, 3.8) is 0 Å². The second-order valence-corrected chi connectivity index (χ2v) is 3.15. The number of non-ortho nitro benzene ring substituents is 1. The quantitative estimate of drug-likeness (QED) is 0.404. The molecule has 1 aliphatic rings. The number of nitro groups is 1. The van der Waals surface area contributed by atoms with Crippen LogP contribution < -0.4 is 0 Å². The number of hydrogen-bond donors (Lipinski definition) is 0. The van der Waals surface area contributed by atoms with Crippen molar-refractivity contribution in [1.29, 1.82) is 0 Å². The number of nitrogens with zero attached hydrogens (tertiary/aromatic N) is 1. The van der Waals surface area contributed by atoms with Gasteiger partial charge in [0.1, 0.15) is 6.29 Å². The maximum Gasteiger partial charge on any atom is 0.270 e. The van der Waals surface area contributed by atoms with Gasteiger partial charge < -0.3 is 0 Å². The molecule has 0 spiro atoms. The van der Waals surface area contributed by atoms with Crippen LogP contribution in [0.1, 0.15) is 11.1 Å². The molecule has 1 aromatic rings. The molecule has 0 unspecified atom stereocenters. The zero-order chi connectivity index (χ0) is 10.1. The molecule has 70 valence electrons. The number of carbonyl (C=O) groups excluding carboxylic acids is 1. The molecule has 0 heterocycles. The Balaban J connectivity index is 2.45. The van der Waals surface area contributed by atoms with Gasteiger partial charge in [-0.25, -0.2) is 0 Å². The monoisotopic (exact) mass is 189 g/mol. The van der Waals surface area contributed by atoms with E-state index in [0.29, 0.717) is 12.0 Å². The van der Waals surface area contributed by atoms with Crippen molar-refractivity contribution >= 4 is 18.0 Å². The van der Waals surface area contributed by atoms with Gasteiger partial charge >= 0.3 is 0 Å². The number of allylic oxidation sites excluding steroid dienone is 1. The Morgan fingerprint density at radius 1 is 1.43 bits per heavy atom. The molecule has 0 atom stereocenters. The first-order valence-corrected chi connectivity index (χ1v) is 4.14. The van der Waals surface area contributed by atoms with Crippen LogP contribution in [0, 0.1) is 10.1 Å². The van der Waals surface area contributed by atoms with Gasteiger partial charge in [0.2, 0.25) is 0 Å². The van der Waals surface area contributed by atoms with Gasteiger partial charge in [-0.15, -0.1) is 0 Å². The SMILES string of the molecule is O=CC1=Cc2cc([N+](=O)[O-])ccc2C1. The molecule has 0 N–H and O–H groups in total. The summed E-state index contributed by atoms with van der Waals surface area (Å²) in [5, 5.41) is 10.5. The van der Waals surface area contributed by atoms with Gasteiger partial charge in [0, 0.05) is 18.6 Å². The topological polar surface area (TPSA) is 60.2 Å². The summed E-state index contributed by atoms with van der Waals surface area (Å²) >= 11 is 0. The lowest BCUT2D eigenvalue weighted by Crippen LogP contribution is -1.90. The summed E-state index contributed by atoms with van der Waals surface area (Å²) in [6.45, 7) is 0. The smallest absolute Gasteiger partial charge is 0.270 e. The fraction of sp³-hybridized carbons (Fsp3) is 0.100. The molecule has 4 heteroatoms. The summed E-state index contributed by atoms with van der Waals surface area (Å²) in [4.78, 5) is 20.5. The fourth-order valence-electron chi connectivity index (χ4n) is 1.54. The van der Waals surface area contributed by atoms with Gasteiger partial charge in [-0.05, 0) is 22.8 Å². The van der Waals surface area contributed by atoms with Gasteiger partial charge in [0.15, 0.2) is 0 Å². The highest BCUT2D eigenvalue weighted by molar-refractivity contribution is 5.86. The molecule has 1 aliphatic carbocycles. The highest BCUT2D eigenvalue weighted by atomic mass is 16.6. The largest absolute Gasteiger partial charge is 0.298 e. The van der Waals surface area contributed by atoms with Gasteiger partial charge in [-0.2, -0.15) is 0 Å².